The van der Waals surface area contributed by atoms with E-state index >= 15 is 0 Å². The summed E-state index contributed by atoms with van der Waals surface area (Å²) in [4.78, 5) is 0. The van der Waals surface area contributed by atoms with E-state index in [0.717, 1.165) is 0 Å². The van der Waals surface area contributed by atoms with Gasteiger partial charge in [-0.25, -0.2) is 0 Å². The second kappa shape index (κ2) is 4.36. The highest BCUT2D eigenvalue weighted by atomic mass is 127. The summed E-state index contributed by atoms with van der Waals surface area (Å²) >= 11 is 5.24. The fourth-order valence-electron chi connectivity index (χ4n) is 3.89. The Labute approximate surface area is 135 Å². The van der Waals surface area contributed by atoms with Crippen LogP contribution in [0.15, 0.2) is 10.7 Å². The molecule has 1 aromatic heterocycles. The first kappa shape index (κ1) is 15.1. The molecule has 1 aliphatic heterocycles. The zero-order valence-corrected chi connectivity index (χ0v) is 14.0. The highest BCUT2D eigenvalue weighted by Crippen LogP contribution is 2.67. The molecule has 20 heavy (non-hydrogen) atoms. The lowest BCUT2D eigenvalue weighted by atomic mass is 9.69. The van der Waals surface area contributed by atoms with Crippen molar-refractivity contribution in [3.05, 3.63) is 19.9 Å². The Bertz CT molecular complexity index is 576. The van der Waals surface area contributed by atoms with Gasteiger partial charge in [-0.1, -0.05) is 6.42 Å². The maximum Gasteiger partial charge on any atom is 0.423 e. The lowest BCUT2D eigenvalue weighted by Crippen LogP contribution is -2.55. The normalized spacial score (nSPS) is 36.2. The van der Waals surface area contributed by atoms with Crippen molar-refractivity contribution in [1.29, 1.82) is 0 Å². The maximum absolute atomic E-state index is 13.6. The van der Waals surface area contributed by atoms with E-state index in [1.165, 1.54) is 10.6 Å². The van der Waals surface area contributed by atoms with E-state index in [0.29, 0.717) is 21.0 Å². The molecule has 1 fully saturated rings. The topological polar surface area (TPSA) is 45.4 Å². The van der Waals surface area contributed by atoms with Crippen LogP contribution < -0.4 is 0 Å². The molecule has 3 atom stereocenters. The lowest BCUT2D eigenvalue weighted by Gasteiger charge is -2.41. The third-order valence-electron chi connectivity index (χ3n) is 4.77. The van der Waals surface area contributed by atoms with Gasteiger partial charge in [0, 0.05) is 9.61 Å². The van der Waals surface area contributed by atoms with Crippen LogP contribution in [0.4, 0.5) is 13.2 Å². The standard InChI is InChI=1S/C12H12BrF3INO2/c13-9-6(17)4-8-11(20,12(14,15)16)10(5-19)3-1-2-7(10)18(8)9/h4,7,19-20H,1-3,5H2/t7-,10-,11+/m1/s1. The molecule has 0 saturated heterocycles. The first-order valence-electron chi connectivity index (χ1n) is 6.17. The van der Waals surface area contributed by atoms with Crippen molar-refractivity contribution < 1.29 is 23.4 Å². The Kier molecular flexibility index (Phi) is 3.29. The summed E-state index contributed by atoms with van der Waals surface area (Å²) in [5.74, 6) is 0. The number of rotatable bonds is 1. The van der Waals surface area contributed by atoms with Gasteiger partial charge >= 0.3 is 6.18 Å². The zero-order valence-electron chi connectivity index (χ0n) is 10.2. The first-order chi connectivity index (χ1) is 9.20. The predicted molar refractivity (Wildman–Crippen MR) is 77.2 cm³/mol. The van der Waals surface area contributed by atoms with Crippen molar-refractivity contribution in [1.82, 2.24) is 4.57 Å². The number of fused-ring (bicyclic) bond motifs is 3. The van der Waals surface area contributed by atoms with Crippen LogP contribution in [0.1, 0.15) is 31.0 Å². The molecule has 8 heteroatoms. The van der Waals surface area contributed by atoms with Crippen molar-refractivity contribution in [3.8, 4) is 0 Å². The highest BCUT2D eigenvalue weighted by molar-refractivity contribution is 14.1. The smallest absolute Gasteiger partial charge is 0.396 e. The Morgan fingerprint density at radius 3 is 2.70 bits per heavy atom. The van der Waals surface area contributed by atoms with Gasteiger partial charge < -0.3 is 14.8 Å². The summed E-state index contributed by atoms with van der Waals surface area (Å²) in [5.41, 5.74) is -4.74. The molecular weight excluding hydrogens is 454 g/mol. The molecule has 112 valence electrons. The van der Waals surface area contributed by atoms with Crippen LogP contribution in [0.3, 0.4) is 0 Å². The summed E-state index contributed by atoms with van der Waals surface area (Å²) < 4.78 is 43.6. The van der Waals surface area contributed by atoms with Crippen molar-refractivity contribution in [3.63, 3.8) is 0 Å². The molecule has 3 nitrogen and oxygen atoms in total. The Balaban J connectivity index is 2.34. The fourth-order valence-corrected chi connectivity index (χ4v) is 4.99. The number of aliphatic hydroxyl groups is 2. The molecule has 2 aliphatic rings. The molecule has 0 aromatic carbocycles. The minimum Gasteiger partial charge on any atom is -0.396 e. The lowest BCUT2D eigenvalue weighted by molar-refractivity contribution is -0.311. The van der Waals surface area contributed by atoms with Crippen LogP contribution in [0, 0.1) is 8.99 Å². The van der Waals surface area contributed by atoms with Gasteiger partial charge in [-0.3, -0.25) is 0 Å². The second-order valence-electron chi connectivity index (χ2n) is 5.47. The minimum absolute atomic E-state index is 0.162. The molecule has 0 amide bonds. The number of hydrogen-bond acceptors (Lipinski definition) is 2. The van der Waals surface area contributed by atoms with Gasteiger partial charge in [-0.15, -0.1) is 0 Å². The van der Waals surface area contributed by atoms with Crippen LogP contribution in [0.2, 0.25) is 0 Å². The predicted octanol–water partition coefficient (Wildman–Crippen LogP) is 3.32. The quantitative estimate of drug-likeness (QED) is 0.625. The van der Waals surface area contributed by atoms with Gasteiger partial charge in [0.15, 0.2) is 0 Å². The van der Waals surface area contributed by atoms with Crippen LogP contribution in [-0.4, -0.2) is 27.6 Å². The van der Waals surface area contributed by atoms with E-state index in [2.05, 4.69) is 15.9 Å². The average Bonchev–Trinajstić information content (AvgIpc) is 2.95. The summed E-state index contributed by atoms with van der Waals surface area (Å²) in [5, 5.41) is 20.3. The van der Waals surface area contributed by atoms with E-state index in [4.69, 9.17) is 0 Å². The minimum atomic E-state index is -4.83. The molecule has 1 aromatic rings. The first-order valence-corrected chi connectivity index (χ1v) is 8.04. The average molecular weight is 466 g/mol. The summed E-state index contributed by atoms with van der Waals surface area (Å²) in [7, 11) is 0. The molecular formula is C12H12BrF3INO2. The largest absolute Gasteiger partial charge is 0.423 e. The van der Waals surface area contributed by atoms with E-state index in [9.17, 15) is 23.4 Å². The van der Waals surface area contributed by atoms with Crippen LogP contribution in [-0.2, 0) is 5.60 Å². The monoisotopic (exact) mass is 465 g/mol. The summed E-state index contributed by atoms with van der Waals surface area (Å²) in [6.45, 7) is -0.682. The third kappa shape index (κ3) is 1.49. The third-order valence-corrected chi connectivity index (χ3v) is 7.14. The summed E-state index contributed by atoms with van der Waals surface area (Å²) in [6, 6.07) is 0.820. The SMILES string of the molecule is OC[C@]12CCC[C@H]1n1c(cc(I)c1Br)[C@@]2(O)C(F)(F)F. The van der Waals surface area contributed by atoms with Gasteiger partial charge in [-0.05, 0) is 57.4 Å². The number of alkyl halides is 3. The molecule has 0 unspecified atom stereocenters. The van der Waals surface area contributed by atoms with Gasteiger partial charge in [-0.2, -0.15) is 13.2 Å². The van der Waals surface area contributed by atoms with Gasteiger partial charge in [0.25, 0.3) is 0 Å². The molecule has 2 heterocycles. The Hall–Kier alpha value is 0.200. The van der Waals surface area contributed by atoms with Crippen molar-refractivity contribution in [2.24, 2.45) is 5.41 Å². The van der Waals surface area contributed by atoms with E-state index in [1.54, 1.807) is 0 Å². The maximum atomic E-state index is 13.6. The molecule has 2 N–H and O–H groups in total. The Morgan fingerprint density at radius 2 is 2.15 bits per heavy atom. The highest BCUT2D eigenvalue weighted by Gasteiger charge is 2.75. The number of aromatic nitrogens is 1. The number of halogens is 5. The fraction of sp³-hybridized carbons (Fsp3) is 0.667. The van der Waals surface area contributed by atoms with E-state index in [-0.39, 0.29) is 12.1 Å². The summed E-state index contributed by atoms with van der Waals surface area (Å²) in [6.07, 6.45) is -3.58. The number of hydrogen-bond donors (Lipinski definition) is 2. The van der Waals surface area contributed by atoms with Crippen molar-refractivity contribution in [2.45, 2.75) is 37.1 Å². The van der Waals surface area contributed by atoms with Gasteiger partial charge in [0.2, 0.25) is 5.60 Å². The molecule has 1 aliphatic carbocycles. The molecule has 1 saturated carbocycles. The van der Waals surface area contributed by atoms with Gasteiger partial charge in [0.05, 0.1) is 22.3 Å². The van der Waals surface area contributed by atoms with E-state index < -0.39 is 29.8 Å². The Morgan fingerprint density at radius 1 is 1.50 bits per heavy atom. The van der Waals surface area contributed by atoms with Crippen molar-refractivity contribution in [2.75, 3.05) is 6.61 Å². The number of aliphatic hydroxyl groups excluding tert-OH is 1. The molecule has 0 bridgehead atoms. The van der Waals surface area contributed by atoms with Crippen molar-refractivity contribution >= 4 is 38.5 Å². The zero-order chi connectivity index (χ0) is 14.9. The number of nitrogens with zero attached hydrogens (tertiary/aromatic N) is 1. The van der Waals surface area contributed by atoms with Crippen LogP contribution in [0.5, 0.6) is 0 Å². The van der Waals surface area contributed by atoms with Crippen LogP contribution >= 0.6 is 38.5 Å². The van der Waals surface area contributed by atoms with Crippen LogP contribution in [0.25, 0.3) is 0 Å². The van der Waals surface area contributed by atoms with E-state index in [1.807, 2.05) is 22.6 Å². The molecule has 3 rings (SSSR count). The van der Waals surface area contributed by atoms with Gasteiger partial charge in [0.1, 0.15) is 0 Å². The second-order valence-corrected chi connectivity index (χ2v) is 7.38. The molecule has 0 radical (unpaired) electrons. The molecule has 0 spiro atoms.